The number of aliphatic imine (C=N–C) groups is 1. The lowest BCUT2D eigenvalue weighted by molar-refractivity contribution is 0.0946. The van der Waals surface area contributed by atoms with Crippen LogP contribution in [0.3, 0.4) is 0 Å². The van der Waals surface area contributed by atoms with E-state index in [2.05, 4.69) is 15.6 Å². The molecule has 3 rings (SSSR count). The highest BCUT2D eigenvalue weighted by atomic mass is 16.1. The smallest absolute Gasteiger partial charge is 0.251 e. The average Bonchev–Trinajstić information content (AvgIpc) is 2.44. The highest BCUT2D eigenvalue weighted by Crippen LogP contribution is 2.25. The first kappa shape index (κ1) is 13.9. The number of rotatable bonds is 4. The van der Waals surface area contributed by atoms with Crippen molar-refractivity contribution >= 4 is 11.9 Å². The third kappa shape index (κ3) is 3.35. The molecule has 1 aliphatic heterocycles. The summed E-state index contributed by atoms with van der Waals surface area (Å²) in [6.45, 7) is 2.15. The van der Waals surface area contributed by atoms with Crippen molar-refractivity contribution in [1.29, 1.82) is 0 Å². The first-order valence-electron chi connectivity index (χ1n) is 7.66. The second-order valence-corrected chi connectivity index (χ2v) is 5.88. The number of guanidine groups is 1. The first-order valence-corrected chi connectivity index (χ1v) is 7.66. The number of benzene rings is 1. The summed E-state index contributed by atoms with van der Waals surface area (Å²) in [5.41, 5.74) is 8.77. The van der Waals surface area contributed by atoms with Gasteiger partial charge in [0.05, 0.1) is 6.54 Å². The molecule has 1 aromatic carbocycles. The molecule has 5 heteroatoms. The van der Waals surface area contributed by atoms with Crippen LogP contribution in [-0.2, 0) is 13.0 Å². The molecule has 1 aliphatic carbocycles. The Morgan fingerprint density at radius 3 is 3.05 bits per heavy atom. The van der Waals surface area contributed by atoms with Gasteiger partial charge in [-0.25, -0.2) is 4.99 Å². The van der Waals surface area contributed by atoms with E-state index in [-0.39, 0.29) is 5.91 Å². The summed E-state index contributed by atoms with van der Waals surface area (Å²) in [6, 6.07) is 5.98. The maximum atomic E-state index is 11.8. The SMILES string of the molecule is NC(=NCc1ccc2c(c1)C(=O)NCC2)NCC1CCC1. The van der Waals surface area contributed by atoms with Gasteiger partial charge in [-0.2, -0.15) is 0 Å². The van der Waals surface area contributed by atoms with Crippen LogP contribution in [0.5, 0.6) is 0 Å². The number of hydrogen-bond acceptors (Lipinski definition) is 2. The summed E-state index contributed by atoms with van der Waals surface area (Å²) in [5.74, 6) is 1.26. The molecule has 4 N–H and O–H groups in total. The van der Waals surface area contributed by atoms with Crippen molar-refractivity contribution in [3.63, 3.8) is 0 Å². The van der Waals surface area contributed by atoms with Gasteiger partial charge in [0.1, 0.15) is 0 Å². The molecule has 21 heavy (non-hydrogen) atoms. The van der Waals surface area contributed by atoms with E-state index < -0.39 is 0 Å². The van der Waals surface area contributed by atoms with E-state index in [4.69, 9.17) is 5.73 Å². The van der Waals surface area contributed by atoms with Crippen LogP contribution in [0, 0.1) is 5.92 Å². The average molecular weight is 286 g/mol. The Hall–Kier alpha value is -2.04. The molecule has 0 unspecified atom stereocenters. The summed E-state index contributed by atoms with van der Waals surface area (Å²) in [7, 11) is 0. The predicted octanol–water partition coefficient (Wildman–Crippen LogP) is 1.18. The molecular weight excluding hydrogens is 264 g/mol. The Balaban J connectivity index is 1.59. The second kappa shape index (κ2) is 6.16. The largest absolute Gasteiger partial charge is 0.370 e. The molecule has 1 saturated carbocycles. The molecule has 1 fully saturated rings. The Kier molecular flexibility index (Phi) is 4.08. The van der Waals surface area contributed by atoms with Crippen LogP contribution in [0.4, 0.5) is 0 Å². The summed E-state index contributed by atoms with van der Waals surface area (Å²) in [4.78, 5) is 16.2. The van der Waals surface area contributed by atoms with E-state index in [0.29, 0.717) is 12.5 Å². The minimum atomic E-state index is 0.0122. The number of amides is 1. The third-order valence-electron chi connectivity index (χ3n) is 4.33. The highest BCUT2D eigenvalue weighted by molar-refractivity contribution is 5.96. The van der Waals surface area contributed by atoms with E-state index in [1.807, 2.05) is 18.2 Å². The first-order chi connectivity index (χ1) is 10.2. The van der Waals surface area contributed by atoms with Crippen molar-refractivity contribution in [3.8, 4) is 0 Å². The van der Waals surface area contributed by atoms with E-state index in [1.54, 1.807) is 0 Å². The van der Waals surface area contributed by atoms with E-state index in [0.717, 1.165) is 42.1 Å². The molecule has 2 aliphatic rings. The molecule has 0 aromatic heterocycles. The van der Waals surface area contributed by atoms with Gasteiger partial charge in [0.2, 0.25) is 0 Å². The summed E-state index contributed by atoms with van der Waals surface area (Å²) < 4.78 is 0. The van der Waals surface area contributed by atoms with Crippen LogP contribution in [0.15, 0.2) is 23.2 Å². The van der Waals surface area contributed by atoms with Gasteiger partial charge in [0.15, 0.2) is 5.96 Å². The zero-order valence-electron chi connectivity index (χ0n) is 12.2. The number of carbonyl (C=O) groups is 1. The number of carbonyl (C=O) groups excluding carboxylic acids is 1. The van der Waals surface area contributed by atoms with Gasteiger partial charge in [-0.15, -0.1) is 0 Å². The van der Waals surface area contributed by atoms with E-state index >= 15 is 0 Å². The topological polar surface area (TPSA) is 79.5 Å². The summed E-state index contributed by atoms with van der Waals surface area (Å²) in [5, 5.41) is 6.04. The Bertz CT molecular complexity index is 563. The Labute approximate surface area is 125 Å². The minimum Gasteiger partial charge on any atom is -0.370 e. The quantitative estimate of drug-likeness (QED) is 0.574. The molecule has 0 radical (unpaired) electrons. The Morgan fingerprint density at radius 1 is 1.43 bits per heavy atom. The van der Waals surface area contributed by atoms with Gasteiger partial charge in [0, 0.05) is 18.7 Å². The molecule has 0 spiro atoms. The van der Waals surface area contributed by atoms with Gasteiger partial charge in [-0.1, -0.05) is 18.6 Å². The fourth-order valence-electron chi connectivity index (χ4n) is 2.74. The monoisotopic (exact) mass is 286 g/mol. The molecule has 1 amide bonds. The molecule has 0 bridgehead atoms. The standard InChI is InChI=1S/C16H22N4O/c17-16(19-9-11-2-1-3-11)20-10-12-4-5-13-6-7-18-15(21)14(13)8-12/h4-5,8,11H,1-3,6-7,9-10H2,(H,18,21)(H3,17,19,20). The van der Waals surface area contributed by atoms with Crippen molar-refractivity contribution in [2.45, 2.75) is 32.2 Å². The van der Waals surface area contributed by atoms with Crippen LogP contribution in [-0.4, -0.2) is 25.0 Å². The lowest BCUT2D eigenvalue weighted by Crippen LogP contribution is -2.37. The molecular formula is C16H22N4O. The van der Waals surface area contributed by atoms with Crippen molar-refractivity contribution in [1.82, 2.24) is 10.6 Å². The molecule has 1 heterocycles. The molecule has 0 saturated heterocycles. The van der Waals surface area contributed by atoms with Crippen molar-refractivity contribution in [2.75, 3.05) is 13.1 Å². The maximum Gasteiger partial charge on any atom is 0.251 e. The fraction of sp³-hybridized carbons (Fsp3) is 0.500. The normalized spacial score (nSPS) is 18.7. The molecule has 112 valence electrons. The number of fused-ring (bicyclic) bond motifs is 1. The van der Waals surface area contributed by atoms with Gasteiger partial charge in [0.25, 0.3) is 5.91 Å². The number of nitrogens with two attached hydrogens (primary N) is 1. The van der Waals surface area contributed by atoms with Gasteiger partial charge < -0.3 is 16.4 Å². The summed E-state index contributed by atoms with van der Waals surface area (Å²) >= 11 is 0. The van der Waals surface area contributed by atoms with E-state index in [1.165, 1.54) is 19.3 Å². The van der Waals surface area contributed by atoms with Crippen molar-refractivity contribution in [3.05, 3.63) is 34.9 Å². The zero-order chi connectivity index (χ0) is 14.7. The van der Waals surface area contributed by atoms with Crippen LogP contribution >= 0.6 is 0 Å². The van der Waals surface area contributed by atoms with Crippen LogP contribution in [0.2, 0.25) is 0 Å². The van der Waals surface area contributed by atoms with Gasteiger partial charge in [-0.05, 0) is 42.4 Å². The summed E-state index contributed by atoms with van der Waals surface area (Å²) in [6.07, 6.45) is 4.82. The van der Waals surface area contributed by atoms with E-state index in [9.17, 15) is 4.79 Å². The fourth-order valence-corrected chi connectivity index (χ4v) is 2.74. The number of hydrogen-bond donors (Lipinski definition) is 3. The third-order valence-corrected chi connectivity index (χ3v) is 4.33. The number of nitrogens with zero attached hydrogens (tertiary/aromatic N) is 1. The van der Waals surface area contributed by atoms with Crippen LogP contribution < -0.4 is 16.4 Å². The predicted molar refractivity (Wildman–Crippen MR) is 83.1 cm³/mol. The van der Waals surface area contributed by atoms with Gasteiger partial charge in [-0.3, -0.25) is 4.79 Å². The maximum absolute atomic E-state index is 11.8. The van der Waals surface area contributed by atoms with Crippen LogP contribution in [0.1, 0.15) is 40.7 Å². The van der Waals surface area contributed by atoms with Crippen molar-refractivity contribution < 1.29 is 4.79 Å². The minimum absolute atomic E-state index is 0.0122. The highest BCUT2D eigenvalue weighted by Gasteiger charge is 2.17. The molecule has 0 atom stereocenters. The second-order valence-electron chi connectivity index (χ2n) is 5.88. The lowest BCUT2D eigenvalue weighted by Gasteiger charge is -2.25. The Morgan fingerprint density at radius 2 is 2.29 bits per heavy atom. The molecule has 5 nitrogen and oxygen atoms in total. The van der Waals surface area contributed by atoms with Gasteiger partial charge >= 0.3 is 0 Å². The zero-order valence-corrected chi connectivity index (χ0v) is 12.2. The molecule has 1 aromatic rings. The lowest BCUT2D eigenvalue weighted by atomic mass is 9.85. The number of nitrogens with one attached hydrogen (secondary N) is 2. The van der Waals surface area contributed by atoms with Crippen LogP contribution in [0.25, 0.3) is 0 Å². The van der Waals surface area contributed by atoms with Crippen molar-refractivity contribution in [2.24, 2.45) is 16.6 Å².